The predicted octanol–water partition coefficient (Wildman–Crippen LogP) is 3.46. The number of halogens is 1. The second kappa shape index (κ2) is 8.68. The summed E-state index contributed by atoms with van der Waals surface area (Å²) in [4.78, 5) is 24.6. The SMILES string of the molecule is O=C(NCCCNc1nc(Nc2cccc(F)c2)ncc1C1CC1)c1cocn1. The lowest BCUT2D eigenvalue weighted by atomic mass is 10.2. The topological polar surface area (TPSA) is 105 Å². The van der Waals surface area contributed by atoms with E-state index in [-0.39, 0.29) is 17.4 Å². The van der Waals surface area contributed by atoms with Gasteiger partial charge in [0, 0.05) is 30.5 Å². The first kappa shape index (κ1) is 18.9. The van der Waals surface area contributed by atoms with Crippen LogP contribution in [-0.4, -0.2) is 33.9 Å². The van der Waals surface area contributed by atoms with Gasteiger partial charge < -0.3 is 20.4 Å². The van der Waals surface area contributed by atoms with Crippen molar-refractivity contribution in [3.05, 3.63) is 60.2 Å². The summed E-state index contributed by atoms with van der Waals surface area (Å²) in [5, 5.41) is 9.15. The number of hydrogen-bond acceptors (Lipinski definition) is 7. The average molecular weight is 396 g/mol. The minimum atomic E-state index is -0.324. The molecule has 0 radical (unpaired) electrons. The summed E-state index contributed by atoms with van der Waals surface area (Å²) < 4.78 is 18.2. The number of nitrogens with zero attached hydrogens (tertiary/aromatic N) is 3. The van der Waals surface area contributed by atoms with E-state index in [1.807, 2.05) is 6.20 Å². The number of anilines is 3. The van der Waals surface area contributed by atoms with Crippen LogP contribution in [0.2, 0.25) is 0 Å². The largest absolute Gasteiger partial charge is 0.451 e. The highest BCUT2D eigenvalue weighted by molar-refractivity contribution is 5.91. The van der Waals surface area contributed by atoms with Crippen LogP contribution in [0.5, 0.6) is 0 Å². The fourth-order valence-electron chi connectivity index (χ4n) is 2.89. The minimum Gasteiger partial charge on any atom is -0.451 e. The Hall–Kier alpha value is -3.49. The molecule has 1 amide bonds. The van der Waals surface area contributed by atoms with Gasteiger partial charge >= 0.3 is 0 Å². The summed E-state index contributed by atoms with van der Waals surface area (Å²) in [7, 11) is 0. The third-order valence-electron chi connectivity index (χ3n) is 4.51. The number of amides is 1. The van der Waals surface area contributed by atoms with E-state index in [0.717, 1.165) is 24.2 Å². The summed E-state index contributed by atoms with van der Waals surface area (Å²) in [6, 6.07) is 6.16. The highest BCUT2D eigenvalue weighted by atomic mass is 19.1. The molecule has 1 fully saturated rings. The Morgan fingerprint density at radius 2 is 2.14 bits per heavy atom. The van der Waals surface area contributed by atoms with Gasteiger partial charge in [-0.3, -0.25) is 4.79 Å². The maximum atomic E-state index is 13.4. The summed E-state index contributed by atoms with van der Waals surface area (Å²) in [5.74, 6) is 1.07. The molecule has 8 nitrogen and oxygen atoms in total. The van der Waals surface area contributed by atoms with Gasteiger partial charge in [0.15, 0.2) is 12.1 Å². The van der Waals surface area contributed by atoms with Gasteiger partial charge in [0.25, 0.3) is 5.91 Å². The molecule has 1 aliphatic rings. The molecule has 0 atom stereocenters. The summed E-state index contributed by atoms with van der Waals surface area (Å²) in [5.41, 5.74) is 1.94. The van der Waals surface area contributed by atoms with Gasteiger partial charge in [-0.2, -0.15) is 4.98 Å². The van der Waals surface area contributed by atoms with Gasteiger partial charge in [0.05, 0.1) is 0 Å². The lowest BCUT2D eigenvalue weighted by Crippen LogP contribution is -2.26. The molecule has 0 spiro atoms. The lowest BCUT2D eigenvalue weighted by Gasteiger charge is -2.13. The third-order valence-corrected chi connectivity index (χ3v) is 4.51. The van der Waals surface area contributed by atoms with Gasteiger partial charge in [-0.05, 0) is 43.4 Å². The predicted molar refractivity (Wildman–Crippen MR) is 106 cm³/mol. The zero-order valence-electron chi connectivity index (χ0n) is 15.7. The first-order valence-electron chi connectivity index (χ1n) is 9.49. The Kier molecular flexibility index (Phi) is 5.64. The van der Waals surface area contributed by atoms with Crippen LogP contribution in [0.3, 0.4) is 0 Å². The van der Waals surface area contributed by atoms with Gasteiger partial charge in [-0.15, -0.1) is 0 Å². The van der Waals surface area contributed by atoms with E-state index >= 15 is 0 Å². The monoisotopic (exact) mass is 396 g/mol. The van der Waals surface area contributed by atoms with Crippen molar-refractivity contribution in [3.8, 4) is 0 Å². The van der Waals surface area contributed by atoms with Crippen molar-refractivity contribution in [1.82, 2.24) is 20.3 Å². The van der Waals surface area contributed by atoms with E-state index in [4.69, 9.17) is 4.42 Å². The standard InChI is InChI=1S/C20H21FN6O2/c21-14-3-1-4-15(9-14)26-20-24-10-16(13-5-6-13)18(27-20)22-7-2-8-23-19(28)17-11-29-12-25-17/h1,3-4,9-13H,2,5-8H2,(H,23,28)(H2,22,24,26,27). The first-order valence-corrected chi connectivity index (χ1v) is 9.49. The van der Waals surface area contributed by atoms with E-state index in [0.29, 0.717) is 37.1 Å². The number of carbonyl (C=O) groups excluding carboxylic acids is 1. The van der Waals surface area contributed by atoms with E-state index in [1.165, 1.54) is 24.8 Å². The summed E-state index contributed by atoms with van der Waals surface area (Å²) in [6.45, 7) is 1.13. The molecule has 9 heteroatoms. The van der Waals surface area contributed by atoms with Crippen molar-refractivity contribution in [1.29, 1.82) is 0 Å². The van der Waals surface area contributed by atoms with Crippen molar-refractivity contribution >= 4 is 23.4 Å². The number of carbonyl (C=O) groups is 1. The number of nitrogens with one attached hydrogen (secondary N) is 3. The fourth-order valence-corrected chi connectivity index (χ4v) is 2.89. The van der Waals surface area contributed by atoms with Crippen LogP contribution in [0.4, 0.5) is 21.8 Å². The Labute approximate surface area is 167 Å². The van der Waals surface area contributed by atoms with Crippen LogP contribution in [0.15, 0.2) is 47.5 Å². The summed E-state index contributed by atoms with van der Waals surface area (Å²) >= 11 is 0. The van der Waals surface area contributed by atoms with Crippen LogP contribution in [0.25, 0.3) is 0 Å². The van der Waals surface area contributed by atoms with Crippen molar-refractivity contribution in [3.63, 3.8) is 0 Å². The Morgan fingerprint density at radius 1 is 1.24 bits per heavy atom. The van der Waals surface area contributed by atoms with Crippen molar-refractivity contribution < 1.29 is 13.6 Å². The molecule has 1 aliphatic carbocycles. The quantitative estimate of drug-likeness (QED) is 0.476. The molecule has 1 aromatic carbocycles. The first-order chi connectivity index (χ1) is 14.2. The number of rotatable bonds is 9. The van der Waals surface area contributed by atoms with Crippen LogP contribution in [0, 0.1) is 5.82 Å². The molecular formula is C20H21FN6O2. The molecule has 0 saturated heterocycles. The highest BCUT2D eigenvalue weighted by Gasteiger charge is 2.27. The van der Waals surface area contributed by atoms with Gasteiger partial charge in [-0.1, -0.05) is 6.07 Å². The number of aromatic nitrogens is 3. The minimum absolute atomic E-state index is 0.262. The Morgan fingerprint density at radius 3 is 2.90 bits per heavy atom. The smallest absolute Gasteiger partial charge is 0.273 e. The van der Waals surface area contributed by atoms with E-state index < -0.39 is 0 Å². The maximum absolute atomic E-state index is 13.4. The van der Waals surface area contributed by atoms with Crippen molar-refractivity contribution in [2.75, 3.05) is 23.7 Å². The molecule has 0 aliphatic heterocycles. The molecule has 3 aromatic rings. The Balaban J connectivity index is 1.33. The normalized spacial score (nSPS) is 13.1. The zero-order valence-corrected chi connectivity index (χ0v) is 15.7. The van der Waals surface area contributed by atoms with Crippen LogP contribution >= 0.6 is 0 Å². The van der Waals surface area contributed by atoms with Crippen LogP contribution in [0.1, 0.15) is 41.2 Å². The number of benzene rings is 1. The van der Waals surface area contributed by atoms with Crippen molar-refractivity contribution in [2.45, 2.75) is 25.2 Å². The second-order valence-electron chi connectivity index (χ2n) is 6.82. The highest BCUT2D eigenvalue weighted by Crippen LogP contribution is 2.42. The number of oxazole rings is 1. The molecule has 0 unspecified atom stereocenters. The molecule has 29 heavy (non-hydrogen) atoms. The molecule has 2 heterocycles. The zero-order chi connectivity index (χ0) is 20.1. The molecule has 0 bridgehead atoms. The van der Waals surface area contributed by atoms with E-state index in [9.17, 15) is 9.18 Å². The molecule has 1 saturated carbocycles. The molecule has 3 N–H and O–H groups in total. The molecule has 2 aromatic heterocycles. The molecular weight excluding hydrogens is 375 g/mol. The summed E-state index contributed by atoms with van der Waals surface area (Å²) in [6.07, 6.45) is 7.32. The van der Waals surface area contributed by atoms with Gasteiger partial charge in [0.2, 0.25) is 5.95 Å². The van der Waals surface area contributed by atoms with Gasteiger partial charge in [-0.25, -0.2) is 14.4 Å². The van der Waals surface area contributed by atoms with E-state index in [1.54, 1.807) is 12.1 Å². The van der Waals surface area contributed by atoms with Gasteiger partial charge in [0.1, 0.15) is 17.9 Å². The second-order valence-corrected chi connectivity index (χ2v) is 6.82. The fraction of sp³-hybridized carbons (Fsp3) is 0.300. The van der Waals surface area contributed by atoms with Crippen molar-refractivity contribution in [2.24, 2.45) is 0 Å². The van der Waals surface area contributed by atoms with E-state index in [2.05, 4.69) is 30.9 Å². The maximum Gasteiger partial charge on any atom is 0.273 e. The average Bonchev–Trinajstić information content (AvgIpc) is 3.40. The number of hydrogen-bond donors (Lipinski definition) is 3. The van der Waals surface area contributed by atoms with Crippen LogP contribution in [-0.2, 0) is 0 Å². The van der Waals surface area contributed by atoms with Crippen LogP contribution < -0.4 is 16.0 Å². The lowest BCUT2D eigenvalue weighted by molar-refractivity contribution is 0.0948. The third kappa shape index (κ3) is 5.07. The molecule has 150 valence electrons. The Bertz CT molecular complexity index is 975. The molecule has 4 rings (SSSR count).